The van der Waals surface area contributed by atoms with Crippen LogP contribution in [0, 0.1) is 20.8 Å². The van der Waals surface area contributed by atoms with Crippen LogP contribution < -0.4 is 0 Å². The number of aryl methyl sites for hydroxylation is 3. The monoisotopic (exact) mass is 394 g/mol. The Labute approximate surface area is 177 Å². The van der Waals surface area contributed by atoms with Gasteiger partial charge in [0, 0.05) is 5.41 Å². The number of rotatable bonds is 8. The van der Waals surface area contributed by atoms with Crippen LogP contribution >= 0.6 is 0 Å². The molecule has 0 atom stereocenters. The molecule has 0 fully saturated rings. The number of aliphatic hydroxyl groups is 1. The molecule has 0 amide bonds. The smallest absolute Gasteiger partial charge is 0.121 e. The van der Waals surface area contributed by atoms with Gasteiger partial charge in [0.05, 0.1) is 5.60 Å². The molecule has 29 heavy (non-hydrogen) atoms. The van der Waals surface area contributed by atoms with Gasteiger partial charge in [-0.25, -0.2) is 0 Å². The van der Waals surface area contributed by atoms with E-state index in [1.165, 1.54) is 16.7 Å². The second-order valence-corrected chi connectivity index (χ2v) is 8.46. The highest BCUT2D eigenvalue weighted by molar-refractivity contribution is 5.57. The van der Waals surface area contributed by atoms with Crippen molar-refractivity contribution in [3.8, 4) is 5.75 Å². The maximum Gasteiger partial charge on any atom is 0.121 e. The number of aromatic hydroxyl groups is 1. The minimum Gasteiger partial charge on any atom is -0.507 e. The van der Waals surface area contributed by atoms with Crippen LogP contribution in [0.15, 0.2) is 36.4 Å². The molecule has 0 aliphatic heterocycles. The van der Waals surface area contributed by atoms with Gasteiger partial charge in [0.1, 0.15) is 5.75 Å². The molecule has 0 heterocycles. The Morgan fingerprint density at radius 1 is 0.759 bits per heavy atom. The molecule has 2 rings (SSSR count). The maximum atomic E-state index is 10.6. The topological polar surface area (TPSA) is 40.5 Å². The molecule has 0 aliphatic carbocycles. The zero-order chi connectivity index (χ0) is 21.8. The zero-order valence-corrected chi connectivity index (χ0v) is 19.3. The van der Waals surface area contributed by atoms with E-state index in [9.17, 15) is 10.2 Å². The van der Waals surface area contributed by atoms with Crippen molar-refractivity contribution in [1.29, 1.82) is 0 Å². The lowest BCUT2D eigenvalue weighted by Crippen LogP contribution is -2.26. The third-order valence-corrected chi connectivity index (χ3v) is 6.87. The highest BCUT2D eigenvalue weighted by Crippen LogP contribution is 2.41. The molecule has 2 aromatic carbocycles. The van der Waals surface area contributed by atoms with E-state index in [4.69, 9.17) is 0 Å². The summed E-state index contributed by atoms with van der Waals surface area (Å²) in [6, 6.07) is 11.0. The summed E-state index contributed by atoms with van der Waals surface area (Å²) in [5.74, 6) is 0.394. The van der Waals surface area contributed by atoms with Crippen molar-refractivity contribution in [3.63, 3.8) is 0 Å². The van der Waals surface area contributed by atoms with Crippen molar-refractivity contribution in [3.05, 3.63) is 69.8 Å². The van der Waals surface area contributed by atoms with Gasteiger partial charge in [-0.05, 0) is 79.8 Å². The normalized spacial score (nSPS) is 12.7. The summed E-state index contributed by atoms with van der Waals surface area (Å²) in [5, 5.41) is 20.8. The van der Waals surface area contributed by atoms with Gasteiger partial charge in [0.15, 0.2) is 0 Å². The quantitative estimate of drug-likeness (QED) is 0.506. The summed E-state index contributed by atoms with van der Waals surface area (Å²) in [6.07, 6.45) is 7.41. The lowest BCUT2D eigenvalue weighted by Gasteiger charge is -2.34. The van der Waals surface area contributed by atoms with Crippen LogP contribution in [0.25, 0.3) is 6.08 Å². The van der Waals surface area contributed by atoms with Gasteiger partial charge in [0.2, 0.25) is 0 Å². The van der Waals surface area contributed by atoms with Gasteiger partial charge in [-0.3, -0.25) is 0 Å². The second kappa shape index (κ2) is 9.17. The standard InChI is InChI=1S/C27H38O2/c1-8-26(29,9-2)15-14-22-12-13-23(16-19(22)5)27(10-3,11-4)24-17-20(6)25(28)21(7)18-24/h12-18,28-29H,8-11H2,1-7H3/b15-14+. The summed E-state index contributed by atoms with van der Waals surface area (Å²) >= 11 is 0. The van der Waals surface area contributed by atoms with E-state index in [2.05, 4.69) is 57.2 Å². The molecule has 2 heteroatoms. The molecule has 0 radical (unpaired) electrons. The Hall–Kier alpha value is -2.06. The lowest BCUT2D eigenvalue weighted by atomic mass is 9.69. The third-order valence-electron chi connectivity index (χ3n) is 6.87. The highest BCUT2D eigenvalue weighted by Gasteiger charge is 2.31. The number of phenols is 1. The number of hydrogen-bond donors (Lipinski definition) is 2. The molecule has 2 N–H and O–H groups in total. The average molecular weight is 395 g/mol. The van der Waals surface area contributed by atoms with Crippen LogP contribution in [-0.4, -0.2) is 15.8 Å². The van der Waals surface area contributed by atoms with E-state index in [1.54, 1.807) is 0 Å². The molecule has 2 aromatic rings. The summed E-state index contributed by atoms with van der Waals surface area (Å²) in [7, 11) is 0. The number of phenolic OH excluding ortho intramolecular Hbond substituents is 1. The predicted molar refractivity (Wildman–Crippen MR) is 125 cm³/mol. The van der Waals surface area contributed by atoms with Crippen LogP contribution in [0.2, 0.25) is 0 Å². The van der Waals surface area contributed by atoms with E-state index < -0.39 is 5.60 Å². The Morgan fingerprint density at radius 2 is 1.28 bits per heavy atom. The predicted octanol–water partition coefficient (Wildman–Crippen LogP) is 6.99. The molecule has 0 saturated heterocycles. The Kier molecular flexibility index (Phi) is 7.35. The van der Waals surface area contributed by atoms with Crippen LogP contribution in [0.5, 0.6) is 5.75 Å². The highest BCUT2D eigenvalue weighted by atomic mass is 16.3. The minimum absolute atomic E-state index is 0.0796. The summed E-state index contributed by atoms with van der Waals surface area (Å²) in [5.41, 5.74) is 5.99. The van der Waals surface area contributed by atoms with Gasteiger partial charge >= 0.3 is 0 Å². The lowest BCUT2D eigenvalue weighted by molar-refractivity contribution is 0.0836. The van der Waals surface area contributed by atoms with E-state index in [0.717, 1.165) is 29.5 Å². The van der Waals surface area contributed by atoms with E-state index in [0.29, 0.717) is 18.6 Å². The van der Waals surface area contributed by atoms with Crippen LogP contribution in [0.4, 0.5) is 0 Å². The van der Waals surface area contributed by atoms with E-state index in [1.807, 2.05) is 33.8 Å². The summed E-state index contributed by atoms with van der Waals surface area (Å²) < 4.78 is 0. The van der Waals surface area contributed by atoms with E-state index >= 15 is 0 Å². The van der Waals surface area contributed by atoms with Crippen LogP contribution in [0.1, 0.15) is 86.8 Å². The van der Waals surface area contributed by atoms with Crippen molar-refractivity contribution < 1.29 is 10.2 Å². The Morgan fingerprint density at radius 3 is 1.72 bits per heavy atom. The SMILES string of the molecule is CCC(O)(/C=C/c1ccc(C(CC)(CC)c2cc(C)c(O)c(C)c2)cc1C)CC. The minimum atomic E-state index is -0.733. The number of hydrogen-bond acceptors (Lipinski definition) is 2. The molecular weight excluding hydrogens is 356 g/mol. The molecule has 0 bridgehead atoms. The van der Waals surface area contributed by atoms with Gasteiger partial charge in [-0.15, -0.1) is 0 Å². The molecule has 0 saturated carbocycles. The zero-order valence-electron chi connectivity index (χ0n) is 19.3. The van der Waals surface area contributed by atoms with E-state index in [-0.39, 0.29) is 5.41 Å². The second-order valence-electron chi connectivity index (χ2n) is 8.46. The Balaban J connectivity index is 2.53. The first-order valence-corrected chi connectivity index (χ1v) is 11.0. The molecule has 158 valence electrons. The molecular formula is C27H38O2. The summed E-state index contributed by atoms with van der Waals surface area (Å²) in [6.45, 7) is 14.6. The third kappa shape index (κ3) is 4.59. The molecule has 0 aromatic heterocycles. The fourth-order valence-corrected chi connectivity index (χ4v) is 4.36. The maximum absolute atomic E-state index is 10.6. The van der Waals surface area contributed by atoms with Crippen molar-refractivity contribution in [2.75, 3.05) is 0 Å². The Bertz CT molecular complexity index is 845. The molecule has 0 aliphatic rings. The van der Waals surface area contributed by atoms with Crippen LogP contribution in [-0.2, 0) is 5.41 Å². The van der Waals surface area contributed by atoms with Crippen molar-refractivity contribution in [2.45, 2.75) is 85.2 Å². The van der Waals surface area contributed by atoms with Crippen molar-refractivity contribution >= 4 is 6.08 Å². The average Bonchev–Trinajstić information content (AvgIpc) is 2.72. The molecule has 0 spiro atoms. The first-order valence-electron chi connectivity index (χ1n) is 11.0. The van der Waals surface area contributed by atoms with Crippen molar-refractivity contribution in [2.24, 2.45) is 0 Å². The van der Waals surface area contributed by atoms with Gasteiger partial charge in [-0.2, -0.15) is 0 Å². The largest absolute Gasteiger partial charge is 0.507 e. The first kappa shape index (κ1) is 23.2. The van der Waals surface area contributed by atoms with Gasteiger partial charge in [0.25, 0.3) is 0 Å². The van der Waals surface area contributed by atoms with Crippen LogP contribution in [0.3, 0.4) is 0 Å². The number of benzene rings is 2. The molecule has 2 nitrogen and oxygen atoms in total. The van der Waals surface area contributed by atoms with Crippen molar-refractivity contribution in [1.82, 2.24) is 0 Å². The first-order chi connectivity index (χ1) is 13.7. The fraction of sp³-hybridized carbons (Fsp3) is 0.481. The summed E-state index contributed by atoms with van der Waals surface area (Å²) in [4.78, 5) is 0. The van der Waals surface area contributed by atoms with Gasteiger partial charge in [-0.1, -0.05) is 70.2 Å². The fourth-order valence-electron chi connectivity index (χ4n) is 4.36. The molecule has 0 unspecified atom stereocenters. The van der Waals surface area contributed by atoms with Gasteiger partial charge < -0.3 is 10.2 Å².